The highest BCUT2D eigenvalue weighted by Crippen LogP contribution is 2.50. The van der Waals surface area contributed by atoms with Crippen molar-refractivity contribution in [3.8, 4) is 33.4 Å². The predicted octanol–water partition coefficient (Wildman–Crippen LogP) is 8.46. The molecule has 6 aromatic carbocycles. The molecule has 30 heavy (non-hydrogen) atoms. The van der Waals surface area contributed by atoms with Gasteiger partial charge in [-0.05, 0) is 90.0 Å². The number of rotatable bonds is 1. The van der Waals surface area contributed by atoms with Crippen LogP contribution in [0.5, 0.6) is 0 Å². The number of hydrogen-bond acceptors (Lipinski definition) is 0. The third-order valence-electron chi connectivity index (χ3n) is 6.55. The minimum atomic E-state index is 1.26. The monoisotopic (exact) mass is 378 g/mol. The second-order valence-electron chi connectivity index (χ2n) is 8.20. The fraction of sp³-hybridized carbons (Fsp3) is 0. The molecule has 0 aliphatic heterocycles. The van der Waals surface area contributed by atoms with Crippen molar-refractivity contribution in [1.82, 2.24) is 0 Å². The molecule has 0 saturated carbocycles. The molecule has 0 radical (unpaired) electrons. The highest BCUT2D eigenvalue weighted by molar-refractivity contribution is 6.24. The van der Waals surface area contributed by atoms with E-state index in [4.69, 9.17) is 0 Å². The normalized spacial score (nSPS) is 12.0. The summed E-state index contributed by atoms with van der Waals surface area (Å²) >= 11 is 0. The van der Waals surface area contributed by atoms with Gasteiger partial charge in [-0.1, -0.05) is 84.9 Å². The lowest BCUT2D eigenvalue weighted by Crippen LogP contribution is -1.82. The second-order valence-corrected chi connectivity index (χ2v) is 8.20. The molecule has 1 aliphatic rings. The summed E-state index contributed by atoms with van der Waals surface area (Å²) in [7, 11) is 0. The van der Waals surface area contributed by atoms with E-state index in [-0.39, 0.29) is 0 Å². The summed E-state index contributed by atoms with van der Waals surface area (Å²) in [5.41, 5.74) is 7.95. The summed E-state index contributed by atoms with van der Waals surface area (Å²) in [4.78, 5) is 0. The summed E-state index contributed by atoms with van der Waals surface area (Å²) in [5, 5.41) is 7.98. The number of fused-ring (bicyclic) bond motifs is 6. The van der Waals surface area contributed by atoms with Crippen LogP contribution in [0.2, 0.25) is 0 Å². The zero-order valence-corrected chi connectivity index (χ0v) is 16.4. The quantitative estimate of drug-likeness (QED) is 0.251. The molecule has 0 amide bonds. The first kappa shape index (κ1) is 16.0. The molecule has 0 unspecified atom stereocenters. The van der Waals surface area contributed by atoms with Gasteiger partial charge in [-0.25, -0.2) is 0 Å². The lowest BCUT2D eigenvalue weighted by Gasteiger charge is -2.08. The van der Waals surface area contributed by atoms with E-state index in [9.17, 15) is 0 Å². The molecule has 0 spiro atoms. The van der Waals surface area contributed by atoms with E-state index in [1.54, 1.807) is 0 Å². The maximum absolute atomic E-state index is 2.39. The lowest BCUT2D eigenvalue weighted by atomic mass is 9.95. The van der Waals surface area contributed by atoms with Crippen molar-refractivity contribution in [1.29, 1.82) is 0 Å². The van der Waals surface area contributed by atoms with Crippen LogP contribution in [-0.2, 0) is 0 Å². The molecule has 7 rings (SSSR count). The summed E-state index contributed by atoms with van der Waals surface area (Å²) < 4.78 is 0. The van der Waals surface area contributed by atoms with Crippen LogP contribution in [-0.4, -0.2) is 0 Å². The van der Waals surface area contributed by atoms with Gasteiger partial charge in [-0.3, -0.25) is 0 Å². The van der Waals surface area contributed by atoms with Crippen LogP contribution in [0.25, 0.3) is 65.7 Å². The summed E-state index contributed by atoms with van der Waals surface area (Å²) in [6.45, 7) is 0. The van der Waals surface area contributed by atoms with E-state index >= 15 is 0 Å². The van der Waals surface area contributed by atoms with Gasteiger partial charge in [0.1, 0.15) is 0 Å². The van der Waals surface area contributed by atoms with Crippen molar-refractivity contribution in [3.63, 3.8) is 0 Å². The molecule has 1 aliphatic carbocycles. The fourth-order valence-electron chi connectivity index (χ4n) is 5.15. The van der Waals surface area contributed by atoms with E-state index < -0.39 is 0 Å². The van der Waals surface area contributed by atoms with Crippen LogP contribution in [0.15, 0.2) is 109 Å². The molecule has 0 nitrogen and oxygen atoms in total. The Bertz CT molecular complexity index is 1620. The Morgan fingerprint density at radius 3 is 2.00 bits per heavy atom. The van der Waals surface area contributed by atoms with E-state index in [0.717, 1.165) is 0 Å². The average molecular weight is 378 g/mol. The molecule has 0 heterocycles. The first-order valence-corrected chi connectivity index (χ1v) is 10.5. The molecular weight excluding hydrogens is 360 g/mol. The largest absolute Gasteiger partial charge is 0.0622 e. The number of benzene rings is 6. The zero-order chi connectivity index (χ0) is 19.7. The molecule has 0 N–H and O–H groups in total. The van der Waals surface area contributed by atoms with Gasteiger partial charge < -0.3 is 0 Å². The maximum atomic E-state index is 2.39. The Morgan fingerprint density at radius 2 is 1.07 bits per heavy atom. The Kier molecular flexibility index (Phi) is 3.09. The third-order valence-corrected chi connectivity index (χ3v) is 6.55. The van der Waals surface area contributed by atoms with E-state index in [1.807, 2.05) is 0 Å². The fourth-order valence-corrected chi connectivity index (χ4v) is 5.15. The molecule has 0 atom stereocenters. The SMILES string of the molecule is c1ccc(-c2ccc3cc4c(cc3c2)-c2cccc3c2c-4cc2ccccc23)cc1. The van der Waals surface area contributed by atoms with Gasteiger partial charge >= 0.3 is 0 Å². The second kappa shape index (κ2) is 5.81. The van der Waals surface area contributed by atoms with Gasteiger partial charge in [-0.15, -0.1) is 0 Å². The van der Waals surface area contributed by atoms with Crippen LogP contribution in [0.1, 0.15) is 0 Å². The van der Waals surface area contributed by atoms with Gasteiger partial charge in [0.2, 0.25) is 0 Å². The average Bonchev–Trinajstić information content (AvgIpc) is 3.12. The lowest BCUT2D eigenvalue weighted by molar-refractivity contribution is 1.64. The topological polar surface area (TPSA) is 0 Å². The highest BCUT2D eigenvalue weighted by atomic mass is 14.3. The Balaban J connectivity index is 1.54. The van der Waals surface area contributed by atoms with E-state index in [0.29, 0.717) is 0 Å². The van der Waals surface area contributed by atoms with E-state index in [2.05, 4.69) is 109 Å². The van der Waals surface area contributed by atoms with Gasteiger partial charge in [-0.2, -0.15) is 0 Å². The van der Waals surface area contributed by atoms with Gasteiger partial charge in [0, 0.05) is 0 Å². The molecule has 138 valence electrons. The molecule has 0 fully saturated rings. The molecule has 0 heteroatoms. The van der Waals surface area contributed by atoms with Crippen LogP contribution in [0, 0.1) is 0 Å². The van der Waals surface area contributed by atoms with Crippen molar-refractivity contribution in [2.45, 2.75) is 0 Å². The predicted molar refractivity (Wildman–Crippen MR) is 129 cm³/mol. The summed E-state index contributed by atoms with van der Waals surface area (Å²) in [6, 6.07) is 40.1. The third kappa shape index (κ3) is 2.11. The van der Waals surface area contributed by atoms with Crippen molar-refractivity contribution >= 4 is 32.3 Å². The number of hydrogen-bond donors (Lipinski definition) is 0. The van der Waals surface area contributed by atoms with Crippen molar-refractivity contribution in [2.75, 3.05) is 0 Å². The minimum absolute atomic E-state index is 1.26. The first-order chi connectivity index (χ1) is 14.9. The summed E-state index contributed by atoms with van der Waals surface area (Å²) in [6.07, 6.45) is 0. The van der Waals surface area contributed by atoms with Crippen LogP contribution >= 0.6 is 0 Å². The van der Waals surface area contributed by atoms with Gasteiger partial charge in [0.25, 0.3) is 0 Å². The van der Waals surface area contributed by atoms with Crippen molar-refractivity contribution in [3.05, 3.63) is 109 Å². The van der Waals surface area contributed by atoms with Gasteiger partial charge in [0.05, 0.1) is 0 Å². The summed E-state index contributed by atoms with van der Waals surface area (Å²) in [5.74, 6) is 0. The molecule has 0 saturated heterocycles. The Labute approximate surface area is 175 Å². The van der Waals surface area contributed by atoms with Crippen molar-refractivity contribution < 1.29 is 0 Å². The smallest absolute Gasteiger partial charge is 0.00199 e. The van der Waals surface area contributed by atoms with Gasteiger partial charge in [0.15, 0.2) is 0 Å². The zero-order valence-electron chi connectivity index (χ0n) is 16.4. The molecule has 0 aromatic heterocycles. The van der Waals surface area contributed by atoms with Crippen LogP contribution < -0.4 is 0 Å². The standard InChI is InChI=1S/C30H18/c1-2-7-19(8-3-1)20-13-14-21-16-28-27(18-23(21)15-20)26-12-6-11-25-24-10-5-4-9-22(24)17-29(28)30(25)26/h1-18H. The van der Waals surface area contributed by atoms with Crippen LogP contribution in [0.4, 0.5) is 0 Å². The van der Waals surface area contributed by atoms with Crippen molar-refractivity contribution in [2.24, 2.45) is 0 Å². The molecular formula is C30H18. The van der Waals surface area contributed by atoms with E-state index in [1.165, 1.54) is 65.7 Å². The minimum Gasteiger partial charge on any atom is -0.0622 e. The molecule has 0 bridgehead atoms. The molecule has 6 aromatic rings. The Hall–Kier alpha value is -3.90. The highest BCUT2D eigenvalue weighted by Gasteiger charge is 2.23. The maximum Gasteiger partial charge on any atom is -0.00199 e. The van der Waals surface area contributed by atoms with Crippen LogP contribution in [0.3, 0.4) is 0 Å². The first-order valence-electron chi connectivity index (χ1n) is 10.5. The Morgan fingerprint density at radius 1 is 0.333 bits per heavy atom.